The Bertz CT molecular complexity index is 254. The fourth-order valence-electron chi connectivity index (χ4n) is 3.67. The molecule has 0 saturated carbocycles. The van der Waals surface area contributed by atoms with E-state index in [1.54, 1.807) is 0 Å². The molecule has 0 aromatic carbocycles. The Morgan fingerprint density at radius 1 is 1.31 bits per heavy atom. The van der Waals surface area contributed by atoms with Crippen LogP contribution in [-0.2, 0) is 9.47 Å². The van der Waals surface area contributed by atoms with E-state index in [0.717, 1.165) is 13.0 Å². The Morgan fingerprint density at radius 2 is 2.00 bits per heavy atom. The third-order valence-corrected chi connectivity index (χ3v) is 3.98. The summed E-state index contributed by atoms with van der Waals surface area (Å²) in [5, 5.41) is 0. The first kappa shape index (κ1) is 12.4. The monoisotopic (exact) mass is 223 g/mol. The molecule has 2 heterocycles. The van der Waals surface area contributed by atoms with Crippen molar-refractivity contribution in [1.82, 2.24) is 0 Å². The lowest BCUT2D eigenvalue weighted by molar-refractivity contribution is -0.123. The highest BCUT2D eigenvalue weighted by Gasteiger charge is 2.60. The van der Waals surface area contributed by atoms with E-state index in [0.29, 0.717) is 23.9 Å². The fourth-order valence-corrected chi connectivity index (χ4v) is 3.67. The van der Waals surface area contributed by atoms with E-state index in [-0.39, 0.29) is 11.6 Å². The largest absolute Gasteiger partial charge is 0.375 e. The van der Waals surface area contributed by atoms with Gasteiger partial charge in [-0.2, -0.15) is 0 Å². The zero-order valence-corrected chi connectivity index (χ0v) is 11.2. The van der Waals surface area contributed by atoms with Gasteiger partial charge in [0.2, 0.25) is 0 Å². The predicted molar refractivity (Wildman–Crippen MR) is 66.7 cm³/mol. The van der Waals surface area contributed by atoms with E-state index >= 15 is 0 Å². The maximum Gasteiger partial charge on any atom is 0.149 e. The molecule has 2 aliphatic rings. The highest BCUT2D eigenvalue weighted by atomic mass is 16.6. The average molecular weight is 223 g/mol. The predicted octanol–water partition coefficient (Wildman–Crippen LogP) is 2.55. The second kappa shape index (κ2) is 4.34. The quantitative estimate of drug-likeness (QED) is 0.682. The van der Waals surface area contributed by atoms with Crippen LogP contribution in [0.25, 0.3) is 0 Å². The van der Waals surface area contributed by atoms with Gasteiger partial charge in [0.05, 0.1) is 24.3 Å². The molecule has 0 spiro atoms. The second-order valence-corrected chi connectivity index (χ2v) is 6.12. The van der Waals surface area contributed by atoms with Crippen LogP contribution in [0.3, 0.4) is 0 Å². The molecule has 16 heavy (non-hydrogen) atoms. The molecule has 0 aliphatic carbocycles. The van der Waals surface area contributed by atoms with Gasteiger partial charge in [-0.1, -0.05) is 34.5 Å². The van der Waals surface area contributed by atoms with Gasteiger partial charge in [0, 0.05) is 5.92 Å². The van der Waals surface area contributed by atoms with Gasteiger partial charge >= 0.3 is 0 Å². The molecule has 0 aromatic rings. The fraction of sp³-hybridized carbons (Fsp3) is 1.00. The minimum absolute atomic E-state index is 0.00975. The SMILES string of the molecule is C[B]C1OC2(CC(C)C)COC1C2C(C)C. The summed E-state index contributed by atoms with van der Waals surface area (Å²) in [6, 6.07) is 0.208. The first-order chi connectivity index (χ1) is 7.50. The molecule has 0 aromatic heterocycles. The number of rotatable bonds is 4. The first-order valence-corrected chi connectivity index (χ1v) is 6.59. The Labute approximate surface area is 100 Å². The van der Waals surface area contributed by atoms with Gasteiger partial charge in [0.25, 0.3) is 0 Å². The maximum absolute atomic E-state index is 6.30. The second-order valence-electron chi connectivity index (χ2n) is 6.12. The van der Waals surface area contributed by atoms with Crippen LogP contribution >= 0.6 is 0 Å². The number of hydrogen-bond acceptors (Lipinski definition) is 2. The molecule has 3 heteroatoms. The lowest BCUT2D eigenvalue weighted by Gasteiger charge is -2.34. The topological polar surface area (TPSA) is 18.5 Å². The Kier molecular flexibility index (Phi) is 3.38. The van der Waals surface area contributed by atoms with Crippen molar-refractivity contribution in [3.05, 3.63) is 0 Å². The van der Waals surface area contributed by atoms with Gasteiger partial charge in [-0.15, -0.1) is 0 Å². The minimum atomic E-state index is -0.00975. The summed E-state index contributed by atoms with van der Waals surface area (Å²) in [5.41, 5.74) is -0.00975. The van der Waals surface area contributed by atoms with Crippen molar-refractivity contribution in [3.63, 3.8) is 0 Å². The van der Waals surface area contributed by atoms with Crippen molar-refractivity contribution in [3.8, 4) is 0 Å². The molecule has 2 rings (SSSR count). The van der Waals surface area contributed by atoms with E-state index in [2.05, 4.69) is 41.8 Å². The summed E-state index contributed by atoms with van der Waals surface area (Å²) in [7, 11) is 2.15. The zero-order chi connectivity index (χ0) is 11.9. The third-order valence-electron chi connectivity index (χ3n) is 3.98. The summed E-state index contributed by atoms with van der Waals surface area (Å²) < 4.78 is 12.3. The minimum Gasteiger partial charge on any atom is -0.375 e. The summed E-state index contributed by atoms with van der Waals surface area (Å²) >= 11 is 0. The van der Waals surface area contributed by atoms with Gasteiger partial charge in [0.1, 0.15) is 7.28 Å². The van der Waals surface area contributed by atoms with Crippen molar-refractivity contribution in [2.45, 2.75) is 58.6 Å². The zero-order valence-electron chi connectivity index (χ0n) is 11.2. The van der Waals surface area contributed by atoms with E-state index in [1.807, 2.05) is 0 Å². The lowest BCUT2D eigenvalue weighted by Crippen LogP contribution is -2.42. The van der Waals surface area contributed by atoms with E-state index in [9.17, 15) is 0 Å². The molecule has 2 bridgehead atoms. The molecular formula is C13H24BO2. The van der Waals surface area contributed by atoms with Crippen LogP contribution in [0, 0.1) is 17.8 Å². The molecule has 2 saturated heterocycles. The normalized spacial score (nSPS) is 42.3. The van der Waals surface area contributed by atoms with Crippen LogP contribution in [0.2, 0.25) is 6.82 Å². The van der Waals surface area contributed by atoms with Gasteiger partial charge in [-0.05, 0) is 18.3 Å². The van der Waals surface area contributed by atoms with Gasteiger partial charge in [0.15, 0.2) is 0 Å². The van der Waals surface area contributed by atoms with Gasteiger partial charge in [-0.25, -0.2) is 0 Å². The summed E-state index contributed by atoms with van der Waals surface area (Å²) in [4.78, 5) is 0. The molecule has 2 fully saturated rings. The molecule has 0 amide bonds. The van der Waals surface area contributed by atoms with Crippen molar-refractivity contribution in [1.29, 1.82) is 0 Å². The molecule has 0 N–H and O–H groups in total. The summed E-state index contributed by atoms with van der Waals surface area (Å²) in [6.07, 6.45) is 1.42. The smallest absolute Gasteiger partial charge is 0.149 e. The van der Waals surface area contributed by atoms with Crippen LogP contribution in [0.1, 0.15) is 34.1 Å². The lowest BCUT2D eigenvalue weighted by atomic mass is 9.68. The van der Waals surface area contributed by atoms with Crippen LogP contribution in [0.15, 0.2) is 0 Å². The molecular weight excluding hydrogens is 199 g/mol. The highest BCUT2D eigenvalue weighted by molar-refractivity contribution is 6.35. The van der Waals surface area contributed by atoms with Crippen molar-refractivity contribution >= 4 is 7.28 Å². The molecule has 2 aliphatic heterocycles. The Balaban J connectivity index is 2.21. The molecule has 2 nitrogen and oxygen atoms in total. The summed E-state index contributed by atoms with van der Waals surface area (Å²) in [6.45, 7) is 12.0. The van der Waals surface area contributed by atoms with Crippen LogP contribution in [0.4, 0.5) is 0 Å². The molecule has 4 atom stereocenters. The molecule has 1 radical (unpaired) electrons. The van der Waals surface area contributed by atoms with Gasteiger partial charge in [-0.3, -0.25) is 0 Å². The number of hydrogen-bond donors (Lipinski definition) is 0. The molecule has 91 valence electrons. The van der Waals surface area contributed by atoms with Gasteiger partial charge < -0.3 is 9.47 Å². The Morgan fingerprint density at radius 3 is 2.50 bits per heavy atom. The highest BCUT2D eigenvalue weighted by Crippen LogP contribution is 2.50. The van der Waals surface area contributed by atoms with E-state index in [1.165, 1.54) is 0 Å². The number of fused-ring (bicyclic) bond motifs is 2. The maximum atomic E-state index is 6.30. The summed E-state index contributed by atoms with van der Waals surface area (Å²) in [5.74, 6) is 1.87. The van der Waals surface area contributed by atoms with E-state index in [4.69, 9.17) is 9.47 Å². The first-order valence-electron chi connectivity index (χ1n) is 6.59. The van der Waals surface area contributed by atoms with Crippen molar-refractivity contribution < 1.29 is 9.47 Å². The van der Waals surface area contributed by atoms with E-state index < -0.39 is 0 Å². The van der Waals surface area contributed by atoms with Crippen LogP contribution < -0.4 is 0 Å². The van der Waals surface area contributed by atoms with Crippen molar-refractivity contribution in [2.24, 2.45) is 17.8 Å². The third kappa shape index (κ3) is 1.82. The van der Waals surface area contributed by atoms with Crippen LogP contribution in [0.5, 0.6) is 0 Å². The standard InChI is InChI=1S/C13H24BO2/c1-8(2)6-13-7-15-11(10(13)9(3)4)12(14-5)16-13/h8-12H,6-7H2,1-5H3. The molecule has 4 unspecified atom stereocenters. The number of ether oxygens (including phenoxy) is 2. The Hall–Kier alpha value is -0.0151. The average Bonchev–Trinajstić information content (AvgIpc) is 2.67. The van der Waals surface area contributed by atoms with Crippen LogP contribution in [-0.4, -0.2) is 31.6 Å². The van der Waals surface area contributed by atoms with Crippen molar-refractivity contribution in [2.75, 3.05) is 6.61 Å².